The number of esters is 1. The van der Waals surface area contributed by atoms with Gasteiger partial charge >= 0.3 is 11.9 Å². The maximum atomic E-state index is 15.5. The summed E-state index contributed by atoms with van der Waals surface area (Å²) in [4.78, 5) is 25.0. The van der Waals surface area contributed by atoms with E-state index in [0.29, 0.717) is 18.4 Å². The van der Waals surface area contributed by atoms with Crippen molar-refractivity contribution in [2.24, 2.45) is 5.92 Å². The van der Waals surface area contributed by atoms with Gasteiger partial charge in [0.05, 0.1) is 28.9 Å². The smallest absolute Gasteiger partial charge is 0.340 e. The summed E-state index contributed by atoms with van der Waals surface area (Å²) in [5, 5.41) is 2.19. The van der Waals surface area contributed by atoms with E-state index in [9.17, 15) is 13.8 Å². The number of alkyl halides is 2. The van der Waals surface area contributed by atoms with E-state index >= 15 is 8.78 Å². The average molecular weight is 473 g/mol. The van der Waals surface area contributed by atoms with E-state index in [1.807, 2.05) is 0 Å². The summed E-state index contributed by atoms with van der Waals surface area (Å²) in [6.07, 6.45) is 3.57. The Morgan fingerprint density at radius 3 is 2.25 bits per heavy atom. The third-order valence-corrected chi connectivity index (χ3v) is 7.26. The molecule has 2 N–H and O–H groups in total. The molecule has 180 valence electrons. The number of methoxy groups -OCH3 is 1. The number of nitrogens with one attached hydrogen (secondary N) is 2. The lowest BCUT2D eigenvalue weighted by Gasteiger charge is -2.36. The maximum absolute atomic E-state index is 15.5. The first-order valence-corrected chi connectivity index (χ1v) is 12.1. The van der Waals surface area contributed by atoms with Crippen LogP contribution in [0.25, 0.3) is 0 Å². The molecule has 0 aliphatic heterocycles. The molecule has 9 heteroatoms. The zero-order chi connectivity index (χ0) is 23.9. The zero-order valence-electron chi connectivity index (χ0n) is 19.2. The van der Waals surface area contributed by atoms with Crippen molar-refractivity contribution < 1.29 is 27.3 Å². The van der Waals surface area contributed by atoms with Crippen molar-refractivity contribution in [1.82, 2.24) is 10.0 Å². The highest BCUT2D eigenvalue weighted by atomic mass is 32.2. The second kappa shape index (κ2) is 11.3. The lowest BCUT2D eigenvalue weighted by Crippen LogP contribution is -2.61. The molecular formula is C23H34F2N2O4S. The molecule has 0 radical (unpaired) electrons. The Labute approximate surface area is 191 Å². The first kappa shape index (κ1) is 26.4. The maximum Gasteiger partial charge on any atom is 0.340 e. The standard InChI is InChI=1S/C23H34F2N2O4S/c1-22(2,3)32(30)27-19(17-13-9-6-10-14-17)23(24,25)21(29)26-18(20(28)31-4)15-16-11-7-5-8-12-16/h5,7-8,11-12,17-19,27H,6,9-10,13-15H2,1-4H3,(H,26,29)/t18-,19+,32+/m0/s1. The van der Waals surface area contributed by atoms with Gasteiger partial charge < -0.3 is 10.1 Å². The topological polar surface area (TPSA) is 84.5 Å². The monoisotopic (exact) mass is 472 g/mol. The summed E-state index contributed by atoms with van der Waals surface area (Å²) < 4.78 is 50.2. The number of amides is 1. The highest BCUT2D eigenvalue weighted by molar-refractivity contribution is 7.84. The van der Waals surface area contributed by atoms with Gasteiger partial charge in [0.1, 0.15) is 6.04 Å². The molecule has 1 fully saturated rings. The van der Waals surface area contributed by atoms with Crippen LogP contribution in [0.5, 0.6) is 0 Å². The number of carbonyl (C=O) groups excluding carboxylic acids is 2. The largest absolute Gasteiger partial charge is 0.467 e. The van der Waals surface area contributed by atoms with Crippen LogP contribution in [0.1, 0.15) is 58.4 Å². The Kier molecular flexibility index (Phi) is 9.33. The highest BCUT2D eigenvalue weighted by Crippen LogP contribution is 2.35. The van der Waals surface area contributed by atoms with Crippen LogP contribution in [-0.4, -0.2) is 45.9 Å². The zero-order valence-corrected chi connectivity index (χ0v) is 20.0. The molecule has 3 atom stereocenters. The lowest BCUT2D eigenvalue weighted by molar-refractivity contribution is -0.157. The van der Waals surface area contributed by atoms with Gasteiger partial charge in [-0.05, 0) is 45.1 Å². The predicted molar refractivity (Wildman–Crippen MR) is 120 cm³/mol. The SMILES string of the molecule is COC(=O)[C@H](Cc1ccccc1)NC(=O)C(F)(F)[C@H](N[S@](=O)C(C)(C)C)C1CCCCC1. The summed E-state index contributed by atoms with van der Waals surface area (Å²) in [5.74, 6) is -6.75. The molecular weight excluding hydrogens is 438 g/mol. The van der Waals surface area contributed by atoms with E-state index < -0.39 is 51.5 Å². The van der Waals surface area contributed by atoms with Crippen LogP contribution in [0.4, 0.5) is 8.78 Å². The van der Waals surface area contributed by atoms with Crippen molar-refractivity contribution >= 4 is 22.9 Å². The minimum Gasteiger partial charge on any atom is -0.467 e. The summed E-state index contributed by atoms with van der Waals surface area (Å²) >= 11 is 0. The fourth-order valence-electron chi connectivity index (χ4n) is 3.81. The molecule has 0 unspecified atom stereocenters. The third-order valence-electron chi connectivity index (χ3n) is 5.68. The lowest BCUT2D eigenvalue weighted by atomic mass is 9.81. The summed E-state index contributed by atoms with van der Waals surface area (Å²) in [5.41, 5.74) is 0.697. The Hall–Kier alpha value is -1.87. The van der Waals surface area contributed by atoms with Crippen molar-refractivity contribution in [2.75, 3.05) is 7.11 Å². The molecule has 0 spiro atoms. The molecule has 1 aliphatic carbocycles. The van der Waals surface area contributed by atoms with Crippen molar-refractivity contribution in [3.8, 4) is 0 Å². The molecule has 2 rings (SSSR count). The van der Waals surface area contributed by atoms with E-state index in [1.54, 1.807) is 51.1 Å². The molecule has 0 heterocycles. The normalized spacial score (nSPS) is 18.4. The van der Waals surface area contributed by atoms with Gasteiger partial charge in [-0.25, -0.2) is 13.7 Å². The molecule has 1 aliphatic rings. The van der Waals surface area contributed by atoms with Crippen LogP contribution in [0.15, 0.2) is 30.3 Å². The highest BCUT2D eigenvalue weighted by Gasteiger charge is 2.52. The second-order valence-electron chi connectivity index (χ2n) is 9.24. The third kappa shape index (κ3) is 7.07. The van der Waals surface area contributed by atoms with E-state index in [1.165, 1.54) is 0 Å². The summed E-state index contributed by atoms with van der Waals surface area (Å²) in [7, 11) is -0.646. The van der Waals surface area contributed by atoms with E-state index in [2.05, 4.69) is 10.0 Å². The number of ether oxygens (including phenoxy) is 1. The van der Waals surface area contributed by atoms with Crippen LogP contribution in [0, 0.1) is 5.92 Å². The van der Waals surface area contributed by atoms with Gasteiger partial charge in [0, 0.05) is 6.42 Å². The molecule has 0 aromatic heterocycles. The van der Waals surface area contributed by atoms with Crippen LogP contribution < -0.4 is 10.0 Å². The number of hydrogen-bond acceptors (Lipinski definition) is 4. The van der Waals surface area contributed by atoms with Crippen LogP contribution >= 0.6 is 0 Å². The molecule has 1 aromatic carbocycles. The van der Waals surface area contributed by atoms with E-state index in [0.717, 1.165) is 26.4 Å². The fourth-order valence-corrected chi connectivity index (χ4v) is 4.73. The van der Waals surface area contributed by atoms with Crippen LogP contribution in [0.2, 0.25) is 0 Å². The quantitative estimate of drug-likeness (QED) is 0.539. The number of carbonyl (C=O) groups is 2. The number of benzene rings is 1. The Morgan fingerprint density at radius 1 is 1.12 bits per heavy atom. The van der Waals surface area contributed by atoms with Gasteiger partial charge in [-0.2, -0.15) is 8.78 Å². The van der Waals surface area contributed by atoms with Gasteiger partial charge in [0.2, 0.25) is 0 Å². The van der Waals surface area contributed by atoms with Gasteiger partial charge in [-0.15, -0.1) is 0 Å². The summed E-state index contributed by atoms with van der Waals surface area (Å²) in [6.45, 7) is 5.04. The molecule has 1 saturated carbocycles. The molecule has 6 nitrogen and oxygen atoms in total. The van der Waals surface area contributed by atoms with Crippen LogP contribution in [-0.2, 0) is 31.7 Å². The van der Waals surface area contributed by atoms with Gasteiger partial charge in [-0.3, -0.25) is 4.79 Å². The molecule has 0 saturated heterocycles. The average Bonchev–Trinajstić information content (AvgIpc) is 2.76. The Morgan fingerprint density at radius 2 is 1.72 bits per heavy atom. The van der Waals surface area contributed by atoms with E-state index in [4.69, 9.17) is 4.74 Å². The first-order valence-electron chi connectivity index (χ1n) is 11.0. The summed E-state index contributed by atoms with van der Waals surface area (Å²) in [6, 6.07) is 5.91. The molecule has 0 bridgehead atoms. The molecule has 32 heavy (non-hydrogen) atoms. The van der Waals surface area contributed by atoms with Crippen molar-refractivity contribution in [2.45, 2.75) is 82.0 Å². The van der Waals surface area contributed by atoms with Crippen molar-refractivity contribution in [1.29, 1.82) is 0 Å². The van der Waals surface area contributed by atoms with Gasteiger partial charge in [0.25, 0.3) is 5.91 Å². The molecule has 1 amide bonds. The van der Waals surface area contributed by atoms with Crippen molar-refractivity contribution in [3.63, 3.8) is 0 Å². The first-order chi connectivity index (χ1) is 15.0. The Balaban J connectivity index is 2.25. The number of hydrogen-bond donors (Lipinski definition) is 2. The number of halogens is 2. The minimum atomic E-state index is -3.87. The minimum absolute atomic E-state index is 0.0186. The van der Waals surface area contributed by atoms with Gasteiger partial charge in [0.15, 0.2) is 0 Å². The van der Waals surface area contributed by atoms with E-state index in [-0.39, 0.29) is 6.42 Å². The van der Waals surface area contributed by atoms with Gasteiger partial charge in [-0.1, -0.05) is 49.6 Å². The Bertz CT molecular complexity index is 793. The van der Waals surface area contributed by atoms with Crippen LogP contribution in [0.3, 0.4) is 0 Å². The predicted octanol–water partition coefficient (Wildman–Crippen LogP) is 3.52. The molecule has 1 aromatic rings. The second-order valence-corrected chi connectivity index (χ2v) is 11.2. The fraction of sp³-hybridized carbons (Fsp3) is 0.652. The van der Waals surface area contributed by atoms with Crippen molar-refractivity contribution in [3.05, 3.63) is 35.9 Å². The number of rotatable bonds is 9.